The van der Waals surface area contributed by atoms with Crippen molar-refractivity contribution in [2.24, 2.45) is 0 Å². The average molecular weight is 335 g/mol. The van der Waals surface area contributed by atoms with Gasteiger partial charge in [-0.05, 0) is 13.8 Å². The van der Waals surface area contributed by atoms with Gasteiger partial charge in [-0.2, -0.15) is 5.10 Å². The molecule has 3 aromatic rings. The van der Waals surface area contributed by atoms with Crippen molar-refractivity contribution in [1.82, 2.24) is 34.6 Å². The highest BCUT2D eigenvalue weighted by atomic mass is 15.3. The Kier molecular flexibility index (Phi) is 4.23. The van der Waals surface area contributed by atoms with Crippen LogP contribution in [0.3, 0.4) is 0 Å². The Morgan fingerprint density at radius 2 is 2.00 bits per heavy atom. The van der Waals surface area contributed by atoms with Gasteiger partial charge in [0.25, 0.3) is 0 Å². The fraction of sp³-hybridized carbons (Fsp3) is 0.389. The predicted octanol–water partition coefficient (Wildman–Crippen LogP) is 2.02. The fourth-order valence-corrected chi connectivity index (χ4v) is 3.18. The maximum Gasteiger partial charge on any atom is 0.162 e. The molecule has 0 N–H and O–H groups in total. The first kappa shape index (κ1) is 15.8. The van der Waals surface area contributed by atoms with Gasteiger partial charge in [0.15, 0.2) is 5.82 Å². The van der Waals surface area contributed by atoms with Crippen LogP contribution in [0.2, 0.25) is 0 Å². The molecule has 0 amide bonds. The van der Waals surface area contributed by atoms with E-state index in [1.807, 2.05) is 10.9 Å². The smallest absolute Gasteiger partial charge is 0.162 e. The molecule has 7 nitrogen and oxygen atoms in total. The first-order valence-electron chi connectivity index (χ1n) is 8.58. The highest BCUT2D eigenvalue weighted by Gasteiger charge is 2.20. The van der Waals surface area contributed by atoms with Crippen LogP contribution < -0.4 is 0 Å². The molecule has 0 spiro atoms. The summed E-state index contributed by atoms with van der Waals surface area (Å²) in [6, 6.07) is 0. The third kappa shape index (κ3) is 3.28. The highest BCUT2D eigenvalue weighted by Crippen LogP contribution is 2.22. The van der Waals surface area contributed by atoms with Crippen LogP contribution >= 0.6 is 0 Å². The highest BCUT2D eigenvalue weighted by molar-refractivity contribution is 5.52. The molecule has 3 aromatic heterocycles. The molecule has 0 saturated heterocycles. The van der Waals surface area contributed by atoms with Gasteiger partial charge < -0.3 is 0 Å². The monoisotopic (exact) mass is 335 g/mol. The summed E-state index contributed by atoms with van der Waals surface area (Å²) >= 11 is 0. The Labute approximate surface area is 146 Å². The van der Waals surface area contributed by atoms with Crippen molar-refractivity contribution in [3.8, 4) is 11.4 Å². The molecule has 7 heteroatoms. The number of hydrogen-bond acceptors (Lipinski definition) is 6. The molecule has 0 aromatic carbocycles. The van der Waals surface area contributed by atoms with E-state index >= 15 is 0 Å². The number of aryl methyl sites for hydroxylation is 2. The lowest BCUT2D eigenvalue weighted by Gasteiger charge is -2.27. The van der Waals surface area contributed by atoms with E-state index in [9.17, 15) is 0 Å². The molecule has 0 unspecified atom stereocenters. The molecular weight excluding hydrogens is 314 g/mol. The van der Waals surface area contributed by atoms with E-state index in [0.29, 0.717) is 5.82 Å². The zero-order valence-corrected chi connectivity index (χ0v) is 14.6. The Hall–Kier alpha value is -2.67. The summed E-state index contributed by atoms with van der Waals surface area (Å²) < 4.78 is 2.00. The van der Waals surface area contributed by atoms with Gasteiger partial charge in [-0.1, -0.05) is 0 Å². The Morgan fingerprint density at radius 1 is 1.16 bits per heavy atom. The summed E-state index contributed by atoms with van der Waals surface area (Å²) in [5, 5.41) is 4.54. The molecular formula is C18H21N7. The van der Waals surface area contributed by atoms with Gasteiger partial charge in [0, 0.05) is 68.5 Å². The minimum atomic E-state index is 0.702. The molecule has 0 atom stereocenters. The van der Waals surface area contributed by atoms with E-state index in [0.717, 1.165) is 49.6 Å². The number of nitrogens with zero attached hydrogens (tertiary/aromatic N) is 7. The number of aromatic nitrogens is 6. The number of hydrogen-bond donors (Lipinski definition) is 0. The zero-order chi connectivity index (χ0) is 17.2. The van der Waals surface area contributed by atoms with E-state index in [4.69, 9.17) is 4.98 Å². The topological polar surface area (TPSA) is 72.6 Å². The molecule has 4 rings (SSSR count). The fourth-order valence-electron chi connectivity index (χ4n) is 3.18. The molecule has 0 fully saturated rings. The van der Waals surface area contributed by atoms with Crippen LogP contribution in [0.25, 0.3) is 11.4 Å². The molecule has 1 aliphatic heterocycles. The Bertz CT molecular complexity index is 872. The van der Waals surface area contributed by atoms with Crippen molar-refractivity contribution in [3.63, 3.8) is 0 Å². The van der Waals surface area contributed by atoms with Gasteiger partial charge >= 0.3 is 0 Å². The Balaban J connectivity index is 1.51. The summed E-state index contributed by atoms with van der Waals surface area (Å²) in [5.41, 5.74) is 5.60. The van der Waals surface area contributed by atoms with Crippen molar-refractivity contribution in [1.29, 1.82) is 0 Å². The molecule has 0 aliphatic carbocycles. The lowest BCUT2D eigenvalue weighted by Crippen LogP contribution is -2.31. The van der Waals surface area contributed by atoms with Crippen LogP contribution in [0.1, 0.15) is 29.4 Å². The van der Waals surface area contributed by atoms with Gasteiger partial charge in [0.1, 0.15) is 6.33 Å². The molecule has 0 saturated carbocycles. The zero-order valence-electron chi connectivity index (χ0n) is 14.6. The molecule has 1 aliphatic rings. The van der Waals surface area contributed by atoms with Gasteiger partial charge in [-0.3, -0.25) is 9.58 Å². The van der Waals surface area contributed by atoms with Gasteiger partial charge in [-0.25, -0.2) is 19.9 Å². The van der Waals surface area contributed by atoms with Crippen molar-refractivity contribution < 1.29 is 0 Å². The van der Waals surface area contributed by atoms with E-state index in [1.54, 1.807) is 12.4 Å². The lowest BCUT2D eigenvalue weighted by atomic mass is 10.1. The minimum absolute atomic E-state index is 0.702. The third-order valence-electron chi connectivity index (χ3n) is 4.60. The third-order valence-corrected chi connectivity index (χ3v) is 4.60. The second-order valence-electron chi connectivity index (χ2n) is 6.35. The maximum absolute atomic E-state index is 4.73. The molecule has 25 heavy (non-hydrogen) atoms. The van der Waals surface area contributed by atoms with Crippen molar-refractivity contribution >= 4 is 0 Å². The average Bonchev–Trinajstić information content (AvgIpc) is 3.02. The second kappa shape index (κ2) is 6.68. The minimum Gasteiger partial charge on any atom is -0.294 e. The van der Waals surface area contributed by atoms with Gasteiger partial charge in [0.05, 0.1) is 17.0 Å². The van der Waals surface area contributed by atoms with Crippen molar-refractivity contribution in [2.75, 3.05) is 6.54 Å². The van der Waals surface area contributed by atoms with E-state index in [-0.39, 0.29) is 0 Å². The normalized spacial score (nSPS) is 14.5. The lowest BCUT2D eigenvalue weighted by molar-refractivity contribution is 0.242. The molecule has 0 bridgehead atoms. The molecule has 0 radical (unpaired) electrons. The van der Waals surface area contributed by atoms with Crippen LogP contribution in [-0.4, -0.2) is 41.2 Å². The van der Waals surface area contributed by atoms with Crippen molar-refractivity contribution in [2.45, 2.75) is 39.9 Å². The van der Waals surface area contributed by atoms with Crippen LogP contribution in [0.4, 0.5) is 0 Å². The SMILES string of the molecule is CCn1cc(CN2CCc3nc(-c4cncnc4)ncc3C2)c(C)n1. The van der Waals surface area contributed by atoms with E-state index in [1.165, 1.54) is 17.5 Å². The van der Waals surface area contributed by atoms with E-state index < -0.39 is 0 Å². The van der Waals surface area contributed by atoms with Crippen molar-refractivity contribution in [3.05, 3.63) is 53.6 Å². The first-order valence-corrected chi connectivity index (χ1v) is 8.58. The van der Waals surface area contributed by atoms with E-state index in [2.05, 4.69) is 45.0 Å². The standard InChI is InChI=1S/C18H21N7/c1-3-25-11-16(13(2)23-25)10-24-5-4-17-15(9-24)8-21-18(22-17)14-6-19-12-20-7-14/h6-8,11-12H,3-5,9-10H2,1-2H3. The van der Waals surface area contributed by atoms with Gasteiger partial charge in [-0.15, -0.1) is 0 Å². The van der Waals surface area contributed by atoms with Crippen LogP contribution in [0.5, 0.6) is 0 Å². The largest absolute Gasteiger partial charge is 0.294 e. The second-order valence-corrected chi connectivity index (χ2v) is 6.35. The molecule has 128 valence electrons. The number of rotatable bonds is 4. The van der Waals surface area contributed by atoms with Crippen LogP contribution in [-0.2, 0) is 26.1 Å². The number of fused-ring (bicyclic) bond motifs is 1. The molecule has 4 heterocycles. The summed E-state index contributed by atoms with van der Waals surface area (Å²) in [4.78, 5) is 19.7. The predicted molar refractivity (Wildman–Crippen MR) is 93.5 cm³/mol. The Morgan fingerprint density at radius 3 is 2.76 bits per heavy atom. The van der Waals surface area contributed by atoms with Crippen LogP contribution in [0, 0.1) is 6.92 Å². The maximum atomic E-state index is 4.73. The summed E-state index contributed by atoms with van der Waals surface area (Å²) in [5.74, 6) is 0.702. The van der Waals surface area contributed by atoms with Gasteiger partial charge in [0.2, 0.25) is 0 Å². The summed E-state index contributed by atoms with van der Waals surface area (Å²) in [7, 11) is 0. The van der Waals surface area contributed by atoms with Crippen LogP contribution in [0.15, 0.2) is 31.1 Å². The summed E-state index contributed by atoms with van der Waals surface area (Å²) in [6.45, 7) is 7.88. The first-order chi connectivity index (χ1) is 12.2. The quantitative estimate of drug-likeness (QED) is 0.726. The summed E-state index contributed by atoms with van der Waals surface area (Å²) in [6.07, 6.45) is 10.0.